The molecule has 1 aliphatic carbocycles. The maximum Gasteiger partial charge on any atom is 0.0462 e. The maximum atomic E-state index is 2.36. The monoisotopic (exact) mass is 1110 g/mol. The summed E-state index contributed by atoms with van der Waals surface area (Å²) < 4.78 is 0. The normalized spacial score (nSPS) is 11.9. The predicted molar refractivity (Wildman–Crippen MR) is 366 cm³/mol. The van der Waals surface area contributed by atoms with Crippen LogP contribution in [-0.2, 0) is 0 Å². The zero-order valence-corrected chi connectivity index (χ0v) is 48.7. The molecule has 0 saturated heterocycles. The van der Waals surface area contributed by atoms with Gasteiger partial charge in [0.15, 0.2) is 0 Å². The molecule has 0 N–H and O–H groups in total. The van der Waals surface area contributed by atoms with Gasteiger partial charge in [0.1, 0.15) is 0 Å². The molecule has 0 saturated carbocycles. The zero-order chi connectivity index (χ0) is 58.0. The predicted octanol–water partition coefficient (Wildman–Crippen LogP) is 23.1. The Kier molecular flexibility index (Phi) is 16.1. The van der Waals surface area contributed by atoms with Crippen molar-refractivity contribution >= 4 is 56.6 Å². The Morgan fingerprint density at radius 2 is 0.500 bits per heavy atom. The van der Waals surface area contributed by atoms with E-state index in [-0.39, 0.29) is 0 Å². The smallest absolute Gasteiger partial charge is 0.0462 e. The van der Waals surface area contributed by atoms with Gasteiger partial charge in [0.2, 0.25) is 0 Å². The van der Waals surface area contributed by atoms with Crippen LogP contribution in [0.1, 0.15) is 60.4 Å². The molecule has 13 rings (SSSR count). The van der Waals surface area contributed by atoms with Crippen molar-refractivity contribution in [3.8, 4) is 33.4 Å². The van der Waals surface area contributed by atoms with E-state index in [1.54, 1.807) is 0 Å². The standard InChI is InChI=1S/C83H67N3/c1-61(2)62-33-41-69(42-34-62)82(70-43-35-63(36-44-70)66-49-55-79(56-50-66)84(73-21-9-3-10-22-73)74-23-11-4-12-24-74)83(71-45-37-64(38-46-71)67-51-57-80(58-52-67)85(75-25-13-5-14-26-75)76-27-15-6-16-28-76)72-47-39-65(40-48-72)68-53-59-81(60-54-68)86(77-29-17-7-18-30-77)78-31-19-8-20-32-78/h3,5-11,13-61H,4,12H2,1-2H3. The molecular formula is C83H67N3. The van der Waals surface area contributed by atoms with Crippen LogP contribution in [0.3, 0.4) is 0 Å². The summed E-state index contributed by atoms with van der Waals surface area (Å²) in [6.45, 7) is 4.53. The largest absolute Gasteiger partial charge is 0.311 e. The van der Waals surface area contributed by atoms with Gasteiger partial charge in [-0.2, -0.15) is 0 Å². The molecule has 0 aromatic heterocycles. The first kappa shape index (κ1) is 54.5. The fraction of sp³-hybridized carbons (Fsp3) is 0.0602. The summed E-state index contributed by atoms with van der Waals surface area (Å²) in [7, 11) is 0. The zero-order valence-electron chi connectivity index (χ0n) is 48.7. The topological polar surface area (TPSA) is 9.72 Å². The van der Waals surface area contributed by atoms with Crippen LogP contribution in [0.4, 0.5) is 45.5 Å². The number of nitrogens with zero attached hydrogens (tertiary/aromatic N) is 3. The summed E-state index contributed by atoms with van der Waals surface area (Å²) in [5.74, 6) is 0.403. The van der Waals surface area contributed by atoms with Crippen LogP contribution < -0.4 is 14.7 Å². The van der Waals surface area contributed by atoms with Crippen LogP contribution >= 0.6 is 0 Å². The Labute approximate surface area is 507 Å². The number of anilines is 8. The second-order valence-corrected chi connectivity index (χ2v) is 22.2. The van der Waals surface area contributed by atoms with Crippen molar-refractivity contribution < 1.29 is 0 Å². The van der Waals surface area contributed by atoms with Crippen molar-refractivity contribution in [2.24, 2.45) is 0 Å². The van der Waals surface area contributed by atoms with Crippen molar-refractivity contribution in [1.82, 2.24) is 0 Å². The Bertz CT molecular complexity index is 4000. The molecule has 12 aromatic rings. The Morgan fingerprint density at radius 1 is 0.256 bits per heavy atom. The van der Waals surface area contributed by atoms with E-state index in [2.05, 4.69) is 368 Å². The summed E-state index contributed by atoms with van der Waals surface area (Å²) in [5.41, 5.74) is 25.3. The molecule has 0 aliphatic heterocycles. The number of allylic oxidation sites excluding steroid dienone is 3. The summed E-state index contributed by atoms with van der Waals surface area (Å²) in [6, 6.07) is 117. The molecule has 12 aromatic carbocycles. The van der Waals surface area contributed by atoms with Crippen molar-refractivity contribution in [1.29, 1.82) is 0 Å². The second-order valence-electron chi connectivity index (χ2n) is 22.2. The first-order chi connectivity index (χ1) is 42.5. The van der Waals surface area contributed by atoms with E-state index in [0.29, 0.717) is 5.92 Å². The lowest BCUT2D eigenvalue weighted by molar-refractivity contribution is 0.866. The van der Waals surface area contributed by atoms with E-state index in [1.807, 2.05) is 0 Å². The molecule has 0 atom stereocenters. The summed E-state index contributed by atoms with van der Waals surface area (Å²) in [6.07, 6.45) is 8.97. The van der Waals surface area contributed by atoms with Crippen LogP contribution in [0.25, 0.3) is 44.5 Å². The van der Waals surface area contributed by atoms with Gasteiger partial charge in [0.25, 0.3) is 0 Å². The van der Waals surface area contributed by atoms with Crippen LogP contribution in [0, 0.1) is 0 Å². The van der Waals surface area contributed by atoms with Gasteiger partial charge in [-0.1, -0.05) is 250 Å². The highest BCUT2D eigenvalue weighted by molar-refractivity contribution is 6.05. The Morgan fingerprint density at radius 3 is 0.767 bits per heavy atom. The third-order valence-electron chi connectivity index (χ3n) is 16.3. The van der Waals surface area contributed by atoms with Crippen LogP contribution in [0.2, 0.25) is 0 Å². The molecule has 0 unspecified atom stereocenters. The molecule has 0 radical (unpaired) electrons. The van der Waals surface area contributed by atoms with Gasteiger partial charge in [0.05, 0.1) is 0 Å². The lowest BCUT2D eigenvalue weighted by Gasteiger charge is -2.27. The summed E-state index contributed by atoms with van der Waals surface area (Å²) >= 11 is 0. The highest BCUT2D eigenvalue weighted by Gasteiger charge is 2.21. The van der Waals surface area contributed by atoms with Crippen molar-refractivity contribution in [3.05, 3.63) is 373 Å². The van der Waals surface area contributed by atoms with Crippen LogP contribution in [0.5, 0.6) is 0 Å². The molecule has 414 valence electrons. The molecule has 86 heavy (non-hydrogen) atoms. The highest BCUT2D eigenvalue weighted by Crippen LogP contribution is 2.42. The third kappa shape index (κ3) is 11.9. The number of hydrogen-bond acceptors (Lipinski definition) is 3. The summed E-state index contributed by atoms with van der Waals surface area (Å²) in [4.78, 5) is 6.97. The quantitative estimate of drug-likeness (QED) is 0.0842. The molecule has 0 fully saturated rings. The average molecular weight is 1110 g/mol. The van der Waals surface area contributed by atoms with Crippen LogP contribution in [-0.4, -0.2) is 0 Å². The fourth-order valence-corrected chi connectivity index (χ4v) is 11.8. The molecule has 0 amide bonds. The van der Waals surface area contributed by atoms with Gasteiger partial charge in [0, 0.05) is 51.2 Å². The summed E-state index contributed by atoms with van der Waals surface area (Å²) in [5, 5.41) is 0. The average Bonchev–Trinajstić information content (AvgIpc) is 2.85. The second kappa shape index (κ2) is 25.4. The number of benzene rings is 12. The van der Waals surface area contributed by atoms with E-state index in [0.717, 1.165) is 114 Å². The van der Waals surface area contributed by atoms with Gasteiger partial charge in [-0.25, -0.2) is 0 Å². The fourth-order valence-electron chi connectivity index (χ4n) is 11.8. The lowest BCUT2D eigenvalue weighted by Crippen LogP contribution is -2.16. The van der Waals surface area contributed by atoms with Crippen molar-refractivity contribution in [2.45, 2.75) is 32.6 Å². The Hall–Kier alpha value is -10.7. The van der Waals surface area contributed by atoms with Crippen LogP contribution in [0.15, 0.2) is 345 Å². The van der Waals surface area contributed by atoms with E-state index < -0.39 is 0 Å². The molecular weight excluding hydrogens is 1040 g/mol. The van der Waals surface area contributed by atoms with E-state index in [9.17, 15) is 0 Å². The van der Waals surface area contributed by atoms with E-state index in [1.165, 1.54) is 22.4 Å². The van der Waals surface area contributed by atoms with Gasteiger partial charge in [-0.05, 0) is 194 Å². The van der Waals surface area contributed by atoms with Gasteiger partial charge in [-0.3, -0.25) is 0 Å². The minimum absolute atomic E-state index is 0.403. The Balaban J connectivity index is 0.891. The first-order valence-electron chi connectivity index (χ1n) is 30.0. The number of para-hydroxylation sites is 5. The maximum absolute atomic E-state index is 2.36. The minimum atomic E-state index is 0.403. The van der Waals surface area contributed by atoms with Gasteiger partial charge in [-0.15, -0.1) is 0 Å². The lowest BCUT2D eigenvalue weighted by atomic mass is 9.84. The number of rotatable bonds is 17. The minimum Gasteiger partial charge on any atom is -0.311 e. The highest BCUT2D eigenvalue weighted by atomic mass is 15.2. The van der Waals surface area contributed by atoms with Gasteiger partial charge >= 0.3 is 0 Å². The SMILES string of the molecule is CC(C)c1ccc(C(=C(c2ccc(-c3ccc(N(c4ccccc4)c4ccccc4)cc3)cc2)c2ccc(-c3ccc(N(c4ccccc4)c4ccccc4)cc3)cc2)c2ccc(-c3ccc(N(C4=CCCC=C4)c4ccccc4)cc3)cc2)cc1. The van der Waals surface area contributed by atoms with Crippen molar-refractivity contribution in [3.63, 3.8) is 0 Å². The third-order valence-corrected chi connectivity index (χ3v) is 16.3. The van der Waals surface area contributed by atoms with Crippen molar-refractivity contribution in [2.75, 3.05) is 14.7 Å². The van der Waals surface area contributed by atoms with E-state index in [4.69, 9.17) is 0 Å². The van der Waals surface area contributed by atoms with E-state index >= 15 is 0 Å². The molecule has 0 heterocycles. The number of hydrogen-bond donors (Lipinski definition) is 0. The molecule has 1 aliphatic rings. The molecule has 0 spiro atoms. The molecule has 3 nitrogen and oxygen atoms in total. The molecule has 3 heteroatoms. The van der Waals surface area contributed by atoms with Gasteiger partial charge < -0.3 is 14.7 Å². The molecule has 0 bridgehead atoms. The first-order valence-corrected chi connectivity index (χ1v) is 30.0.